The van der Waals surface area contributed by atoms with E-state index in [-0.39, 0.29) is 24.8 Å². The molecule has 0 saturated heterocycles. The standard InChI is InChI=1S/C26H22F3N3O4S/c1-37(33,34)32-24-14-21(15-31-25(24)36-16-18-8-10-30-11-9-18)20-5-3-7-23(13-20)35-17-19-4-2-6-22(12-19)26(27,28)29/h2-15,32H,16-17H2,1H3. The molecule has 2 heterocycles. The van der Waals surface area contributed by atoms with E-state index >= 15 is 0 Å². The molecule has 4 aromatic rings. The molecule has 0 saturated carbocycles. The number of benzene rings is 2. The molecule has 0 fully saturated rings. The van der Waals surface area contributed by atoms with Crippen molar-refractivity contribution in [2.24, 2.45) is 0 Å². The Kier molecular flexibility index (Phi) is 7.63. The van der Waals surface area contributed by atoms with Crippen LogP contribution in [0, 0.1) is 0 Å². The first-order valence-corrected chi connectivity index (χ1v) is 12.8. The number of sulfonamides is 1. The van der Waals surface area contributed by atoms with Crippen molar-refractivity contribution in [1.82, 2.24) is 9.97 Å². The first kappa shape index (κ1) is 26.0. The molecule has 0 unspecified atom stereocenters. The number of nitrogens with zero attached hydrogens (tertiary/aromatic N) is 2. The fourth-order valence-electron chi connectivity index (χ4n) is 3.40. The second-order valence-corrected chi connectivity index (χ2v) is 9.86. The van der Waals surface area contributed by atoms with Crippen molar-refractivity contribution in [3.8, 4) is 22.8 Å². The van der Waals surface area contributed by atoms with Crippen LogP contribution in [-0.2, 0) is 29.4 Å². The molecule has 11 heteroatoms. The van der Waals surface area contributed by atoms with Gasteiger partial charge in [-0.2, -0.15) is 13.2 Å². The lowest BCUT2D eigenvalue weighted by molar-refractivity contribution is -0.137. The zero-order valence-corrected chi connectivity index (χ0v) is 20.4. The van der Waals surface area contributed by atoms with Crippen molar-refractivity contribution in [1.29, 1.82) is 0 Å². The lowest BCUT2D eigenvalue weighted by Crippen LogP contribution is -2.12. The molecule has 0 bridgehead atoms. The second kappa shape index (κ2) is 10.9. The van der Waals surface area contributed by atoms with Crippen LogP contribution >= 0.6 is 0 Å². The lowest BCUT2D eigenvalue weighted by Gasteiger charge is -2.14. The monoisotopic (exact) mass is 529 g/mol. The molecule has 0 aliphatic rings. The number of ether oxygens (including phenoxy) is 2. The summed E-state index contributed by atoms with van der Waals surface area (Å²) in [6, 6.07) is 16.9. The largest absolute Gasteiger partial charge is 0.489 e. The van der Waals surface area contributed by atoms with E-state index in [1.807, 2.05) is 0 Å². The number of hydrogen-bond acceptors (Lipinski definition) is 6. The molecule has 0 aliphatic carbocycles. The smallest absolute Gasteiger partial charge is 0.416 e. The predicted molar refractivity (Wildman–Crippen MR) is 132 cm³/mol. The minimum atomic E-state index is -4.44. The van der Waals surface area contributed by atoms with Crippen LogP contribution in [0.2, 0.25) is 0 Å². The highest BCUT2D eigenvalue weighted by Gasteiger charge is 2.30. The third-order valence-corrected chi connectivity index (χ3v) is 5.69. The average Bonchev–Trinajstić information content (AvgIpc) is 2.86. The van der Waals surface area contributed by atoms with Gasteiger partial charge < -0.3 is 9.47 Å². The van der Waals surface area contributed by atoms with Crippen LogP contribution in [0.25, 0.3) is 11.1 Å². The third kappa shape index (κ3) is 7.43. The van der Waals surface area contributed by atoms with Crippen molar-refractivity contribution < 1.29 is 31.1 Å². The van der Waals surface area contributed by atoms with Gasteiger partial charge in [0.25, 0.3) is 0 Å². The Morgan fingerprint density at radius 3 is 2.32 bits per heavy atom. The fraction of sp³-hybridized carbons (Fsp3) is 0.154. The molecule has 7 nitrogen and oxygen atoms in total. The molecule has 192 valence electrons. The van der Waals surface area contributed by atoms with E-state index in [9.17, 15) is 21.6 Å². The zero-order valence-electron chi connectivity index (χ0n) is 19.6. The van der Waals surface area contributed by atoms with Gasteiger partial charge in [-0.05, 0) is 59.2 Å². The SMILES string of the molecule is CS(=O)(=O)Nc1cc(-c2cccc(OCc3cccc(C(F)(F)F)c3)c2)cnc1OCc1ccncc1. The van der Waals surface area contributed by atoms with E-state index in [1.54, 1.807) is 60.9 Å². The lowest BCUT2D eigenvalue weighted by atomic mass is 10.1. The highest BCUT2D eigenvalue weighted by molar-refractivity contribution is 7.92. The van der Waals surface area contributed by atoms with Crippen LogP contribution < -0.4 is 14.2 Å². The fourth-order valence-corrected chi connectivity index (χ4v) is 3.94. The summed E-state index contributed by atoms with van der Waals surface area (Å²) in [5, 5.41) is 0. The van der Waals surface area contributed by atoms with Crippen molar-refractivity contribution in [2.75, 3.05) is 11.0 Å². The summed E-state index contributed by atoms with van der Waals surface area (Å²) in [6.45, 7) is 0.0977. The number of hydrogen-bond donors (Lipinski definition) is 1. The quantitative estimate of drug-likeness (QED) is 0.300. The van der Waals surface area contributed by atoms with Crippen LogP contribution in [0.15, 0.2) is 85.3 Å². The van der Waals surface area contributed by atoms with Gasteiger partial charge in [0, 0.05) is 24.2 Å². The summed E-state index contributed by atoms with van der Waals surface area (Å²) in [7, 11) is -3.63. The maximum absolute atomic E-state index is 13.0. The van der Waals surface area contributed by atoms with Gasteiger partial charge in [-0.1, -0.05) is 24.3 Å². The average molecular weight is 530 g/mol. The second-order valence-electron chi connectivity index (χ2n) is 8.11. The van der Waals surface area contributed by atoms with Gasteiger partial charge in [-0.15, -0.1) is 0 Å². The first-order valence-electron chi connectivity index (χ1n) is 11.0. The molecule has 1 N–H and O–H groups in total. The van der Waals surface area contributed by atoms with Gasteiger partial charge in [0.2, 0.25) is 15.9 Å². The highest BCUT2D eigenvalue weighted by Crippen LogP contribution is 2.32. The summed E-state index contributed by atoms with van der Waals surface area (Å²) in [5.41, 5.74) is 1.85. The number of nitrogens with one attached hydrogen (secondary N) is 1. The van der Waals surface area contributed by atoms with E-state index < -0.39 is 21.8 Å². The summed E-state index contributed by atoms with van der Waals surface area (Å²) in [6.07, 6.45) is 1.35. The molecule has 0 amide bonds. The molecule has 2 aromatic heterocycles. The molecular formula is C26H22F3N3O4S. The minimum absolute atomic E-state index is 0.0612. The summed E-state index contributed by atoms with van der Waals surface area (Å²) >= 11 is 0. The summed E-state index contributed by atoms with van der Waals surface area (Å²) in [4.78, 5) is 8.24. The molecule has 0 atom stereocenters. The third-order valence-electron chi connectivity index (χ3n) is 5.10. The van der Waals surface area contributed by atoms with E-state index in [0.29, 0.717) is 22.4 Å². The van der Waals surface area contributed by atoms with Crippen molar-refractivity contribution in [3.05, 3.63) is 102 Å². The highest BCUT2D eigenvalue weighted by atomic mass is 32.2. The summed E-state index contributed by atoms with van der Waals surface area (Å²) < 4.78 is 76.7. The Labute approximate surface area is 212 Å². The maximum atomic E-state index is 13.0. The van der Waals surface area contributed by atoms with Gasteiger partial charge in [-0.3, -0.25) is 9.71 Å². The van der Waals surface area contributed by atoms with Crippen molar-refractivity contribution in [2.45, 2.75) is 19.4 Å². The van der Waals surface area contributed by atoms with Gasteiger partial charge in [0.05, 0.1) is 11.8 Å². The van der Waals surface area contributed by atoms with Crippen LogP contribution in [0.5, 0.6) is 11.6 Å². The maximum Gasteiger partial charge on any atom is 0.416 e. The number of rotatable bonds is 9. The van der Waals surface area contributed by atoms with Crippen molar-refractivity contribution in [3.63, 3.8) is 0 Å². The van der Waals surface area contributed by atoms with E-state index in [1.165, 1.54) is 12.3 Å². The van der Waals surface area contributed by atoms with E-state index in [4.69, 9.17) is 9.47 Å². The Morgan fingerprint density at radius 1 is 0.865 bits per heavy atom. The normalized spacial score (nSPS) is 11.7. The van der Waals surface area contributed by atoms with E-state index in [2.05, 4.69) is 14.7 Å². The van der Waals surface area contributed by atoms with Gasteiger partial charge >= 0.3 is 6.18 Å². The molecule has 4 rings (SSSR count). The number of halogens is 3. The van der Waals surface area contributed by atoms with Gasteiger partial charge in [-0.25, -0.2) is 13.4 Å². The number of aromatic nitrogens is 2. The number of alkyl halides is 3. The molecule has 0 radical (unpaired) electrons. The van der Waals surface area contributed by atoms with Gasteiger partial charge in [0.1, 0.15) is 24.7 Å². The predicted octanol–water partition coefficient (Wildman–Crippen LogP) is 5.69. The Bertz CT molecular complexity index is 1480. The zero-order chi connectivity index (χ0) is 26.5. The van der Waals surface area contributed by atoms with Crippen molar-refractivity contribution >= 4 is 15.7 Å². The molecule has 0 aliphatic heterocycles. The topological polar surface area (TPSA) is 90.4 Å². The molecule has 0 spiro atoms. The molecule has 2 aromatic carbocycles. The van der Waals surface area contributed by atoms with Crippen LogP contribution in [0.3, 0.4) is 0 Å². The molecule has 37 heavy (non-hydrogen) atoms. The first-order chi connectivity index (χ1) is 17.6. The Morgan fingerprint density at radius 2 is 1.59 bits per heavy atom. The number of anilines is 1. The van der Waals surface area contributed by atoms with E-state index in [0.717, 1.165) is 24.0 Å². The Hall–Kier alpha value is -4.12. The van der Waals surface area contributed by atoms with Crippen LogP contribution in [-0.4, -0.2) is 24.6 Å². The Balaban J connectivity index is 1.54. The minimum Gasteiger partial charge on any atom is -0.489 e. The van der Waals surface area contributed by atoms with Crippen LogP contribution in [0.4, 0.5) is 18.9 Å². The van der Waals surface area contributed by atoms with Crippen LogP contribution in [0.1, 0.15) is 16.7 Å². The molecular weight excluding hydrogens is 507 g/mol. The summed E-state index contributed by atoms with van der Waals surface area (Å²) in [5.74, 6) is 0.522. The van der Waals surface area contributed by atoms with Gasteiger partial charge in [0.15, 0.2) is 0 Å². The number of pyridine rings is 2.